The Bertz CT molecular complexity index is 149. The molecule has 4 heteroatoms. The zero-order valence-corrected chi connectivity index (χ0v) is 9.65. The molecule has 1 rings (SSSR count). The number of aliphatic hydroxyl groups excluding tert-OH is 1. The second-order valence-corrected chi connectivity index (χ2v) is 4.18. The van der Waals surface area contributed by atoms with Crippen LogP contribution in [0.25, 0.3) is 0 Å². The monoisotopic (exact) mass is 217 g/mol. The summed E-state index contributed by atoms with van der Waals surface area (Å²) in [4.78, 5) is 2.27. The molecule has 0 aromatic carbocycles. The van der Waals surface area contributed by atoms with Crippen LogP contribution >= 0.6 is 0 Å². The summed E-state index contributed by atoms with van der Waals surface area (Å²) in [6, 6.07) is 0. The fraction of sp³-hybridized carbons (Fsp3) is 1.00. The molecule has 0 bridgehead atoms. The standard InChI is InChI=1S/C11H23NO3/c1-12(4-7-14-8-5-13)9-11-3-2-6-15-10-11/h11,13H,2-10H2,1H3. The lowest BCUT2D eigenvalue weighted by atomic mass is 10.0. The van der Waals surface area contributed by atoms with Gasteiger partial charge in [-0.05, 0) is 25.8 Å². The van der Waals surface area contributed by atoms with Crippen LogP contribution in [0.2, 0.25) is 0 Å². The summed E-state index contributed by atoms with van der Waals surface area (Å²) < 4.78 is 10.7. The van der Waals surface area contributed by atoms with E-state index in [4.69, 9.17) is 14.6 Å². The lowest BCUT2D eigenvalue weighted by Gasteiger charge is -2.26. The highest BCUT2D eigenvalue weighted by atomic mass is 16.5. The van der Waals surface area contributed by atoms with Crippen molar-refractivity contribution in [1.82, 2.24) is 4.90 Å². The van der Waals surface area contributed by atoms with Gasteiger partial charge in [-0.2, -0.15) is 0 Å². The molecule has 0 aromatic heterocycles. The first-order valence-corrected chi connectivity index (χ1v) is 5.78. The van der Waals surface area contributed by atoms with E-state index in [1.54, 1.807) is 0 Å². The highest BCUT2D eigenvalue weighted by Crippen LogP contribution is 2.13. The second-order valence-electron chi connectivity index (χ2n) is 4.18. The molecule has 1 N–H and O–H groups in total. The topological polar surface area (TPSA) is 41.9 Å². The Kier molecular flexibility index (Phi) is 6.92. The minimum Gasteiger partial charge on any atom is -0.394 e. The fourth-order valence-corrected chi connectivity index (χ4v) is 1.87. The summed E-state index contributed by atoms with van der Waals surface area (Å²) in [6.07, 6.45) is 2.47. The average Bonchev–Trinajstić information content (AvgIpc) is 2.26. The Hall–Kier alpha value is -0.160. The van der Waals surface area contributed by atoms with Crippen molar-refractivity contribution in [3.05, 3.63) is 0 Å². The molecule has 0 saturated carbocycles. The maximum Gasteiger partial charge on any atom is 0.0698 e. The van der Waals surface area contributed by atoms with Gasteiger partial charge in [-0.15, -0.1) is 0 Å². The third-order valence-corrected chi connectivity index (χ3v) is 2.68. The molecule has 0 aliphatic carbocycles. The lowest BCUT2D eigenvalue weighted by Crippen LogP contribution is -2.33. The zero-order valence-electron chi connectivity index (χ0n) is 9.65. The van der Waals surface area contributed by atoms with E-state index < -0.39 is 0 Å². The Morgan fingerprint density at radius 3 is 3.00 bits per heavy atom. The van der Waals surface area contributed by atoms with Crippen LogP contribution < -0.4 is 0 Å². The number of rotatable bonds is 7. The van der Waals surface area contributed by atoms with Gasteiger partial charge in [0, 0.05) is 19.7 Å². The number of aliphatic hydroxyl groups is 1. The molecule has 0 radical (unpaired) electrons. The van der Waals surface area contributed by atoms with E-state index in [9.17, 15) is 0 Å². The largest absolute Gasteiger partial charge is 0.394 e. The van der Waals surface area contributed by atoms with E-state index in [1.165, 1.54) is 12.8 Å². The quantitative estimate of drug-likeness (QED) is 0.625. The molecule has 0 aromatic rings. The maximum atomic E-state index is 8.54. The van der Waals surface area contributed by atoms with Crippen molar-refractivity contribution in [3.63, 3.8) is 0 Å². The van der Waals surface area contributed by atoms with Gasteiger partial charge in [-0.25, -0.2) is 0 Å². The van der Waals surface area contributed by atoms with Crippen molar-refractivity contribution in [2.24, 2.45) is 5.92 Å². The molecule has 1 unspecified atom stereocenters. The number of nitrogens with zero attached hydrogens (tertiary/aromatic N) is 1. The zero-order chi connectivity index (χ0) is 10.9. The summed E-state index contributed by atoms with van der Waals surface area (Å²) in [7, 11) is 2.11. The van der Waals surface area contributed by atoms with Gasteiger partial charge >= 0.3 is 0 Å². The van der Waals surface area contributed by atoms with Gasteiger partial charge in [-0.1, -0.05) is 0 Å². The van der Waals surface area contributed by atoms with Gasteiger partial charge in [0.15, 0.2) is 0 Å². The van der Waals surface area contributed by atoms with E-state index in [2.05, 4.69) is 11.9 Å². The van der Waals surface area contributed by atoms with Crippen LogP contribution in [0.15, 0.2) is 0 Å². The molecular formula is C11H23NO3. The van der Waals surface area contributed by atoms with E-state index in [1.807, 2.05) is 0 Å². The van der Waals surface area contributed by atoms with Crippen LogP contribution in [0.4, 0.5) is 0 Å². The summed E-state index contributed by atoms with van der Waals surface area (Å²) in [5.74, 6) is 0.682. The molecule has 1 aliphatic rings. The molecule has 1 fully saturated rings. The van der Waals surface area contributed by atoms with Crippen LogP contribution in [0, 0.1) is 5.92 Å². The van der Waals surface area contributed by atoms with Crippen LogP contribution in [0.1, 0.15) is 12.8 Å². The summed E-state index contributed by atoms with van der Waals surface area (Å²) >= 11 is 0. The molecule has 15 heavy (non-hydrogen) atoms. The molecule has 90 valence electrons. The molecule has 1 aliphatic heterocycles. The first-order chi connectivity index (χ1) is 7.33. The predicted octanol–water partition coefficient (Wildman–Crippen LogP) is 0.354. The van der Waals surface area contributed by atoms with Gasteiger partial charge in [0.25, 0.3) is 0 Å². The van der Waals surface area contributed by atoms with Gasteiger partial charge in [0.1, 0.15) is 0 Å². The molecule has 0 amide bonds. The number of hydrogen-bond donors (Lipinski definition) is 1. The van der Waals surface area contributed by atoms with Crippen LogP contribution in [0.3, 0.4) is 0 Å². The predicted molar refractivity (Wildman–Crippen MR) is 58.9 cm³/mol. The fourth-order valence-electron chi connectivity index (χ4n) is 1.87. The normalized spacial score (nSPS) is 22.2. The first kappa shape index (κ1) is 12.9. The Labute approximate surface area is 92.2 Å². The first-order valence-electron chi connectivity index (χ1n) is 5.78. The van der Waals surface area contributed by atoms with Gasteiger partial charge in [0.05, 0.1) is 26.4 Å². The number of likely N-dealkylation sites (N-methyl/N-ethyl adjacent to an activating group) is 1. The van der Waals surface area contributed by atoms with Crippen molar-refractivity contribution in [1.29, 1.82) is 0 Å². The number of ether oxygens (including phenoxy) is 2. The van der Waals surface area contributed by atoms with E-state index in [0.717, 1.165) is 26.3 Å². The molecule has 1 heterocycles. The smallest absolute Gasteiger partial charge is 0.0698 e. The van der Waals surface area contributed by atoms with Gasteiger partial charge in [0.2, 0.25) is 0 Å². The van der Waals surface area contributed by atoms with Crippen molar-refractivity contribution in [3.8, 4) is 0 Å². The van der Waals surface area contributed by atoms with E-state index in [0.29, 0.717) is 19.1 Å². The Morgan fingerprint density at radius 2 is 2.33 bits per heavy atom. The SMILES string of the molecule is CN(CCOCCO)CC1CCCOC1. The minimum atomic E-state index is 0.111. The third kappa shape index (κ3) is 6.10. The van der Waals surface area contributed by atoms with Crippen molar-refractivity contribution >= 4 is 0 Å². The molecule has 1 atom stereocenters. The van der Waals surface area contributed by atoms with Crippen molar-refractivity contribution in [2.75, 3.05) is 53.2 Å². The van der Waals surface area contributed by atoms with Crippen LogP contribution in [0.5, 0.6) is 0 Å². The minimum absolute atomic E-state index is 0.111. The molecular weight excluding hydrogens is 194 g/mol. The average molecular weight is 217 g/mol. The third-order valence-electron chi connectivity index (χ3n) is 2.68. The lowest BCUT2D eigenvalue weighted by molar-refractivity contribution is 0.0337. The summed E-state index contributed by atoms with van der Waals surface area (Å²) in [5, 5.41) is 8.54. The summed E-state index contributed by atoms with van der Waals surface area (Å²) in [5.41, 5.74) is 0. The molecule has 0 spiro atoms. The van der Waals surface area contributed by atoms with E-state index in [-0.39, 0.29) is 6.61 Å². The Morgan fingerprint density at radius 1 is 1.47 bits per heavy atom. The Balaban J connectivity index is 1.98. The van der Waals surface area contributed by atoms with Crippen LogP contribution in [-0.2, 0) is 9.47 Å². The van der Waals surface area contributed by atoms with Gasteiger partial charge in [-0.3, -0.25) is 0 Å². The van der Waals surface area contributed by atoms with Crippen molar-refractivity contribution in [2.45, 2.75) is 12.8 Å². The molecule has 1 saturated heterocycles. The molecule has 4 nitrogen and oxygen atoms in total. The number of hydrogen-bond acceptors (Lipinski definition) is 4. The van der Waals surface area contributed by atoms with E-state index >= 15 is 0 Å². The van der Waals surface area contributed by atoms with Crippen molar-refractivity contribution < 1.29 is 14.6 Å². The highest BCUT2D eigenvalue weighted by molar-refractivity contribution is 4.66. The summed E-state index contributed by atoms with van der Waals surface area (Å²) in [6.45, 7) is 5.10. The maximum absolute atomic E-state index is 8.54. The second kappa shape index (κ2) is 8.05. The van der Waals surface area contributed by atoms with Crippen LogP contribution in [-0.4, -0.2) is 63.2 Å². The van der Waals surface area contributed by atoms with Gasteiger partial charge < -0.3 is 19.5 Å². The highest BCUT2D eigenvalue weighted by Gasteiger charge is 2.15.